The molecule has 3 rings (SSSR count). The van der Waals surface area contributed by atoms with Gasteiger partial charge < -0.3 is 10.4 Å². The van der Waals surface area contributed by atoms with Gasteiger partial charge in [0.25, 0.3) is 0 Å². The number of carboxylic acids is 1. The summed E-state index contributed by atoms with van der Waals surface area (Å²) in [5.74, 6) is -1.34. The van der Waals surface area contributed by atoms with Crippen LogP contribution < -0.4 is 5.32 Å². The number of nitrogens with one attached hydrogen (secondary N) is 1. The van der Waals surface area contributed by atoms with Gasteiger partial charge in [0.05, 0.1) is 17.6 Å². The Hall–Kier alpha value is -2.95. The minimum Gasteiger partial charge on any atom is -0.481 e. The normalized spacial score (nSPS) is 10.8. The van der Waals surface area contributed by atoms with Crippen molar-refractivity contribution in [3.8, 4) is 0 Å². The number of pyridine rings is 1. The van der Waals surface area contributed by atoms with Gasteiger partial charge in [0, 0.05) is 22.3 Å². The van der Waals surface area contributed by atoms with Gasteiger partial charge in [0.1, 0.15) is 5.82 Å². The monoisotopic (exact) mass is 324 g/mol. The van der Waals surface area contributed by atoms with Crippen LogP contribution in [0.5, 0.6) is 0 Å². The Balaban J connectivity index is 2.23. The number of carboxylic acid groups (broad SMARTS) is 1. The fourth-order valence-electron chi connectivity index (χ4n) is 2.78. The molecule has 0 aliphatic carbocycles. The number of anilines is 2. The van der Waals surface area contributed by atoms with E-state index in [2.05, 4.69) is 10.3 Å². The lowest BCUT2D eigenvalue weighted by molar-refractivity contribution is -0.136. The number of hydrogen-bond acceptors (Lipinski definition) is 3. The Morgan fingerprint density at radius 3 is 2.71 bits per heavy atom. The van der Waals surface area contributed by atoms with Crippen molar-refractivity contribution in [3.05, 3.63) is 65.1 Å². The summed E-state index contributed by atoms with van der Waals surface area (Å²) < 4.78 is 13.7. The third-order valence-corrected chi connectivity index (χ3v) is 3.87. The Labute approximate surface area is 139 Å². The van der Waals surface area contributed by atoms with Crippen molar-refractivity contribution in [2.45, 2.75) is 20.3 Å². The molecule has 1 aromatic heterocycles. The average Bonchev–Trinajstić information content (AvgIpc) is 2.51. The average molecular weight is 324 g/mol. The molecule has 0 aliphatic rings. The lowest BCUT2D eigenvalue weighted by Gasteiger charge is -2.16. The summed E-state index contributed by atoms with van der Waals surface area (Å²) in [6.45, 7) is 3.74. The second kappa shape index (κ2) is 6.28. The van der Waals surface area contributed by atoms with Crippen molar-refractivity contribution >= 4 is 28.2 Å². The van der Waals surface area contributed by atoms with E-state index in [4.69, 9.17) is 0 Å². The van der Waals surface area contributed by atoms with E-state index in [1.54, 1.807) is 13.0 Å². The highest BCUT2D eigenvalue weighted by Gasteiger charge is 2.16. The molecule has 2 N–H and O–H groups in total. The summed E-state index contributed by atoms with van der Waals surface area (Å²) in [6, 6.07) is 12.0. The molecule has 122 valence electrons. The molecule has 0 amide bonds. The Bertz CT molecular complexity index is 938. The summed E-state index contributed by atoms with van der Waals surface area (Å²) in [4.78, 5) is 15.7. The fourth-order valence-corrected chi connectivity index (χ4v) is 2.78. The van der Waals surface area contributed by atoms with Crippen LogP contribution >= 0.6 is 0 Å². The molecule has 0 aliphatic heterocycles. The number of benzene rings is 2. The van der Waals surface area contributed by atoms with Crippen molar-refractivity contribution < 1.29 is 14.3 Å². The Morgan fingerprint density at radius 1 is 1.21 bits per heavy atom. The second-order valence-corrected chi connectivity index (χ2v) is 5.78. The van der Waals surface area contributed by atoms with E-state index in [9.17, 15) is 14.3 Å². The van der Waals surface area contributed by atoms with Gasteiger partial charge in [-0.25, -0.2) is 4.39 Å². The van der Waals surface area contributed by atoms with E-state index in [1.165, 1.54) is 12.1 Å². The zero-order chi connectivity index (χ0) is 17.3. The molecule has 0 saturated carbocycles. The number of aliphatic carboxylic acids is 1. The van der Waals surface area contributed by atoms with Crippen LogP contribution in [0.1, 0.15) is 16.8 Å². The number of rotatable bonds is 4. The zero-order valence-corrected chi connectivity index (χ0v) is 13.4. The van der Waals surface area contributed by atoms with Crippen LogP contribution in [0.2, 0.25) is 0 Å². The van der Waals surface area contributed by atoms with Crippen molar-refractivity contribution in [3.63, 3.8) is 0 Å². The number of carbonyl (C=O) groups is 1. The van der Waals surface area contributed by atoms with E-state index >= 15 is 0 Å². The van der Waals surface area contributed by atoms with Gasteiger partial charge in [-0.05, 0) is 49.7 Å². The molecule has 0 bridgehead atoms. The number of aryl methyl sites for hydroxylation is 2. The van der Waals surface area contributed by atoms with Gasteiger partial charge in [-0.1, -0.05) is 12.1 Å². The van der Waals surface area contributed by atoms with Gasteiger partial charge in [-0.15, -0.1) is 0 Å². The molecule has 0 saturated heterocycles. The first-order valence-electron chi connectivity index (χ1n) is 7.58. The van der Waals surface area contributed by atoms with Crippen LogP contribution in [-0.2, 0) is 11.2 Å². The summed E-state index contributed by atoms with van der Waals surface area (Å²) in [7, 11) is 0. The standard InChI is InChI=1S/C19H17FN2O2/c1-11-4-3-5-14(8-11)22-19-15(10-18(23)24)12(2)21-17-7-6-13(20)9-16(17)19/h3-9H,10H2,1-2H3,(H,21,22)(H,23,24). The highest BCUT2D eigenvalue weighted by Crippen LogP contribution is 2.32. The van der Waals surface area contributed by atoms with Gasteiger partial charge >= 0.3 is 5.97 Å². The van der Waals surface area contributed by atoms with E-state index < -0.39 is 5.97 Å². The smallest absolute Gasteiger partial charge is 0.307 e. The van der Waals surface area contributed by atoms with Crippen LogP contribution in [0, 0.1) is 19.7 Å². The molecule has 1 heterocycles. The highest BCUT2D eigenvalue weighted by molar-refractivity contribution is 5.96. The number of fused-ring (bicyclic) bond motifs is 1. The SMILES string of the molecule is Cc1cccc(Nc2c(CC(=O)O)c(C)nc3ccc(F)cc23)c1. The molecule has 0 spiro atoms. The number of hydrogen-bond donors (Lipinski definition) is 2. The molecular weight excluding hydrogens is 307 g/mol. The van der Waals surface area contributed by atoms with E-state index in [-0.39, 0.29) is 12.2 Å². The molecular formula is C19H17FN2O2. The van der Waals surface area contributed by atoms with Crippen molar-refractivity contribution in [1.82, 2.24) is 4.98 Å². The molecule has 0 radical (unpaired) electrons. The summed E-state index contributed by atoms with van der Waals surface area (Å²) >= 11 is 0. The molecule has 0 unspecified atom stereocenters. The van der Waals surface area contributed by atoms with Crippen molar-refractivity contribution in [1.29, 1.82) is 0 Å². The first-order valence-corrected chi connectivity index (χ1v) is 7.58. The summed E-state index contributed by atoms with van der Waals surface area (Å²) in [5.41, 5.74) is 4.27. The molecule has 4 nitrogen and oxygen atoms in total. The highest BCUT2D eigenvalue weighted by atomic mass is 19.1. The Kier molecular flexibility index (Phi) is 4.16. The van der Waals surface area contributed by atoms with Crippen LogP contribution in [0.25, 0.3) is 10.9 Å². The van der Waals surface area contributed by atoms with Gasteiger partial charge in [-0.3, -0.25) is 9.78 Å². The third-order valence-electron chi connectivity index (χ3n) is 3.87. The van der Waals surface area contributed by atoms with Crippen LogP contribution in [-0.4, -0.2) is 16.1 Å². The fraction of sp³-hybridized carbons (Fsp3) is 0.158. The molecule has 5 heteroatoms. The maximum absolute atomic E-state index is 13.7. The molecule has 3 aromatic rings. The lowest BCUT2D eigenvalue weighted by atomic mass is 10.0. The topological polar surface area (TPSA) is 62.2 Å². The quantitative estimate of drug-likeness (QED) is 0.748. The third kappa shape index (κ3) is 3.20. The minimum absolute atomic E-state index is 0.181. The van der Waals surface area contributed by atoms with E-state index in [0.717, 1.165) is 11.3 Å². The van der Waals surface area contributed by atoms with Gasteiger partial charge in [-0.2, -0.15) is 0 Å². The predicted molar refractivity (Wildman–Crippen MR) is 92.2 cm³/mol. The van der Waals surface area contributed by atoms with Crippen LogP contribution in [0.3, 0.4) is 0 Å². The largest absolute Gasteiger partial charge is 0.481 e. The van der Waals surface area contributed by atoms with E-state index in [0.29, 0.717) is 27.8 Å². The van der Waals surface area contributed by atoms with E-state index in [1.807, 2.05) is 31.2 Å². The molecule has 0 atom stereocenters. The first kappa shape index (κ1) is 15.9. The zero-order valence-electron chi connectivity index (χ0n) is 13.4. The number of nitrogens with zero attached hydrogens (tertiary/aromatic N) is 1. The maximum Gasteiger partial charge on any atom is 0.307 e. The predicted octanol–water partition coefficient (Wildman–Crippen LogP) is 4.36. The van der Waals surface area contributed by atoms with Crippen LogP contribution in [0.4, 0.5) is 15.8 Å². The summed E-state index contributed by atoms with van der Waals surface area (Å²) in [5, 5.41) is 13.1. The maximum atomic E-state index is 13.7. The molecule has 2 aromatic carbocycles. The van der Waals surface area contributed by atoms with Crippen molar-refractivity contribution in [2.75, 3.05) is 5.32 Å². The van der Waals surface area contributed by atoms with Crippen molar-refractivity contribution in [2.24, 2.45) is 0 Å². The van der Waals surface area contributed by atoms with Gasteiger partial charge in [0.2, 0.25) is 0 Å². The lowest BCUT2D eigenvalue weighted by Crippen LogP contribution is -2.08. The Morgan fingerprint density at radius 2 is 2.00 bits per heavy atom. The number of aromatic nitrogens is 1. The van der Waals surface area contributed by atoms with Crippen LogP contribution in [0.15, 0.2) is 42.5 Å². The molecule has 24 heavy (non-hydrogen) atoms. The molecule has 0 fully saturated rings. The van der Waals surface area contributed by atoms with Gasteiger partial charge in [0.15, 0.2) is 0 Å². The number of halogens is 1. The minimum atomic E-state index is -0.956. The first-order chi connectivity index (χ1) is 11.4. The second-order valence-electron chi connectivity index (χ2n) is 5.78. The summed E-state index contributed by atoms with van der Waals surface area (Å²) in [6.07, 6.45) is -0.181.